The molecule has 0 unspecified atom stereocenters. The van der Waals surface area contributed by atoms with E-state index in [1.54, 1.807) is 32.4 Å². The monoisotopic (exact) mass is 378 g/mol. The van der Waals surface area contributed by atoms with Crippen molar-refractivity contribution in [1.29, 1.82) is 0 Å². The molecule has 1 aromatic heterocycles. The molecular weight excluding hydrogens is 356 g/mol. The third kappa shape index (κ3) is 3.43. The predicted molar refractivity (Wildman–Crippen MR) is 105 cm³/mol. The van der Waals surface area contributed by atoms with E-state index in [-0.39, 0.29) is 11.9 Å². The summed E-state index contributed by atoms with van der Waals surface area (Å²) in [6, 6.07) is 15.3. The SMILES string of the molecule is COc1ccc(C(=O)N2CC[C@@H](n3cc(-c4ccccc4)nn3)C2)cc1OC. The number of nitrogens with zero attached hydrogens (tertiary/aromatic N) is 4. The Hall–Kier alpha value is -3.35. The second-order valence-corrected chi connectivity index (χ2v) is 6.71. The Bertz CT molecular complexity index is 971. The summed E-state index contributed by atoms with van der Waals surface area (Å²) in [5, 5.41) is 8.56. The van der Waals surface area contributed by atoms with Crippen molar-refractivity contribution >= 4 is 5.91 Å². The van der Waals surface area contributed by atoms with Crippen LogP contribution in [0, 0.1) is 0 Å². The first-order chi connectivity index (χ1) is 13.7. The molecule has 1 fully saturated rings. The van der Waals surface area contributed by atoms with Crippen LogP contribution in [0.4, 0.5) is 0 Å². The first-order valence-electron chi connectivity index (χ1n) is 9.18. The zero-order chi connectivity index (χ0) is 19.5. The second-order valence-electron chi connectivity index (χ2n) is 6.71. The average Bonchev–Trinajstić information content (AvgIpc) is 3.43. The molecule has 0 spiro atoms. The van der Waals surface area contributed by atoms with Crippen molar-refractivity contribution in [2.75, 3.05) is 27.3 Å². The summed E-state index contributed by atoms with van der Waals surface area (Å²) in [5.41, 5.74) is 2.46. The van der Waals surface area contributed by atoms with Crippen LogP contribution < -0.4 is 9.47 Å². The number of hydrogen-bond donors (Lipinski definition) is 0. The largest absolute Gasteiger partial charge is 0.493 e. The first-order valence-corrected chi connectivity index (χ1v) is 9.18. The van der Waals surface area contributed by atoms with Crippen molar-refractivity contribution in [2.24, 2.45) is 0 Å². The normalized spacial score (nSPS) is 16.2. The molecule has 0 saturated carbocycles. The predicted octanol–water partition coefficient (Wildman–Crippen LogP) is 3.05. The van der Waals surface area contributed by atoms with E-state index < -0.39 is 0 Å². The molecule has 2 heterocycles. The highest BCUT2D eigenvalue weighted by molar-refractivity contribution is 5.95. The van der Waals surface area contributed by atoms with Crippen LogP contribution in [0.15, 0.2) is 54.7 Å². The minimum absolute atomic E-state index is 0.0214. The van der Waals surface area contributed by atoms with Crippen LogP contribution in [-0.2, 0) is 0 Å². The third-order valence-electron chi connectivity index (χ3n) is 5.04. The van der Waals surface area contributed by atoms with Crippen molar-refractivity contribution in [2.45, 2.75) is 12.5 Å². The highest BCUT2D eigenvalue weighted by atomic mass is 16.5. The van der Waals surface area contributed by atoms with E-state index in [0.29, 0.717) is 30.2 Å². The van der Waals surface area contributed by atoms with E-state index in [2.05, 4.69) is 10.3 Å². The van der Waals surface area contributed by atoms with Crippen LogP contribution in [0.3, 0.4) is 0 Å². The van der Waals surface area contributed by atoms with Crippen molar-refractivity contribution in [3.05, 3.63) is 60.3 Å². The molecule has 0 radical (unpaired) electrons. The van der Waals surface area contributed by atoms with Crippen LogP contribution >= 0.6 is 0 Å². The Morgan fingerprint density at radius 1 is 1.07 bits per heavy atom. The summed E-state index contributed by atoms with van der Waals surface area (Å²) in [6.07, 6.45) is 2.79. The number of rotatable bonds is 5. The maximum Gasteiger partial charge on any atom is 0.254 e. The Morgan fingerprint density at radius 2 is 1.86 bits per heavy atom. The first kappa shape index (κ1) is 18.0. The standard InChI is InChI=1S/C21H22N4O3/c1-27-19-9-8-16(12-20(19)28-2)21(26)24-11-10-17(13-24)25-14-18(22-23-25)15-6-4-3-5-7-15/h3-9,12,14,17H,10-11,13H2,1-2H3/t17-/m1/s1. The number of carbonyl (C=O) groups is 1. The van der Waals surface area contributed by atoms with Gasteiger partial charge in [0.15, 0.2) is 11.5 Å². The van der Waals surface area contributed by atoms with Crippen LogP contribution in [0.5, 0.6) is 11.5 Å². The van der Waals surface area contributed by atoms with Crippen LogP contribution in [-0.4, -0.2) is 53.1 Å². The summed E-state index contributed by atoms with van der Waals surface area (Å²) >= 11 is 0. The number of likely N-dealkylation sites (tertiary alicyclic amines) is 1. The lowest BCUT2D eigenvalue weighted by Crippen LogP contribution is -2.29. The van der Waals surface area contributed by atoms with E-state index in [9.17, 15) is 4.79 Å². The lowest BCUT2D eigenvalue weighted by atomic mass is 10.1. The number of hydrogen-bond acceptors (Lipinski definition) is 5. The van der Waals surface area contributed by atoms with Gasteiger partial charge in [0, 0.05) is 24.2 Å². The van der Waals surface area contributed by atoms with Gasteiger partial charge in [0.25, 0.3) is 5.91 Å². The van der Waals surface area contributed by atoms with Crippen molar-refractivity contribution in [3.8, 4) is 22.8 Å². The summed E-state index contributed by atoms with van der Waals surface area (Å²) in [5.74, 6) is 1.13. The molecule has 0 bridgehead atoms. The van der Waals surface area contributed by atoms with Gasteiger partial charge in [-0.05, 0) is 24.6 Å². The van der Waals surface area contributed by atoms with Gasteiger partial charge in [0.2, 0.25) is 0 Å². The van der Waals surface area contributed by atoms with Crippen molar-refractivity contribution in [3.63, 3.8) is 0 Å². The minimum atomic E-state index is -0.0214. The molecule has 7 nitrogen and oxygen atoms in total. The molecular formula is C21H22N4O3. The fraction of sp³-hybridized carbons (Fsp3) is 0.286. The van der Waals surface area contributed by atoms with Gasteiger partial charge in [-0.25, -0.2) is 4.68 Å². The van der Waals surface area contributed by atoms with Crippen LogP contribution in [0.1, 0.15) is 22.8 Å². The molecule has 1 aliphatic heterocycles. The highest BCUT2D eigenvalue weighted by Crippen LogP contribution is 2.30. The van der Waals surface area contributed by atoms with Crippen molar-refractivity contribution < 1.29 is 14.3 Å². The lowest BCUT2D eigenvalue weighted by molar-refractivity contribution is 0.0786. The van der Waals surface area contributed by atoms with Crippen molar-refractivity contribution in [1.82, 2.24) is 19.9 Å². The van der Waals surface area contributed by atoms with Gasteiger partial charge in [-0.3, -0.25) is 4.79 Å². The molecule has 0 N–H and O–H groups in total. The molecule has 0 aliphatic carbocycles. The Kier molecular flexibility index (Phi) is 4.97. The quantitative estimate of drug-likeness (QED) is 0.683. The van der Waals surface area contributed by atoms with E-state index in [0.717, 1.165) is 17.7 Å². The smallest absolute Gasteiger partial charge is 0.254 e. The molecule has 1 atom stereocenters. The highest BCUT2D eigenvalue weighted by Gasteiger charge is 2.29. The molecule has 4 rings (SSSR count). The minimum Gasteiger partial charge on any atom is -0.493 e. The average molecular weight is 378 g/mol. The number of aromatic nitrogens is 3. The van der Waals surface area contributed by atoms with E-state index >= 15 is 0 Å². The molecule has 3 aromatic rings. The van der Waals surface area contributed by atoms with E-state index in [1.807, 2.05) is 46.1 Å². The molecule has 28 heavy (non-hydrogen) atoms. The number of carbonyl (C=O) groups excluding carboxylic acids is 1. The third-order valence-corrected chi connectivity index (χ3v) is 5.04. The molecule has 1 amide bonds. The van der Waals surface area contributed by atoms with Gasteiger partial charge in [0.1, 0.15) is 5.69 Å². The van der Waals surface area contributed by atoms with Gasteiger partial charge in [-0.2, -0.15) is 0 Å². The molecule has 144 valence electrons. The summed E-state index contributed by atoms with van der Waals surface area (Å²) < 4.78 is 12.4. The fourth-order valence-electron chi connectivity index (χ4n) is 3.49. The summed E-state index contributed by atoms with van der Waals surface area (Å²) in [7, 11) is 3.14. The van der Waals surface area contributed by atoms with Gasteiger partial charge in [-0.15, -0.1) is 5.10 Å². The second kappa shape index (κ2) is 7.72. The fourth-order valence-corrected chi connectivity index (χ4v) is 3.49. The number of methoxy groups -OCH3 is 2. The summed E-state index contributed by atoms with van der Waals surface area (Å²) in [4.78, 5) is 14.7. The Balaban J connectivity index is 1.47. The van der Waals surface area contributed by atoms with Gasteiger partial charge in [0.05, 0.1) is 26.5 Å². The Labute approximate surface area is 163 Å². The molecule has 1 aliphatic rings. The maximum absolute atomic E-state index is 12.9. The topological polar surface area (TPSA) is 69.5 Å². The van der Waals surface area contributed by atoms with E-state index in [4.69, 9.17) is 9.47 Å². The number of benzene rings is 2. The van der Waals surface area contributed by atoms with Crippen LogP contribution in [0.25, 0.3) is 11.3 Å². The van der Waals surface area contributed by atoms with Gasteiger partial charge in [-0.1, -0.05) is 35.5 Å². The Morgan fingerprint density at radius 3 is 2.61 bits per heavy atom. The molecule has 1 saturated heterocycles. The number of amides is 1. The zero-order valence-electron chi connectivity index (χ0n) is 15.9. The summed E-state index contributed by atoms with van der Waals surface area (Å²) in [6.45, 7) is 1.28. The maximum atomic E-state index is 12.9. The molecule has 2 aromatic carbocycles. The van der Waals surface area contributed by atoms with Gasteiger partial charge < -0.3 is 14.4 Å². The van der Waals surface area contributed by atoms with E-state index in [1.165, 1.54) is 0 Å². The lowest BCUT2D eigenvalue weighted by Gasteiger charge is -2.17. The van der Waals surface area contributed by atoms with Gasteiger partial charge >= 0.3 is 0 Å². The van der Waals surface area contributed by atoms with Crippen LogP contribution in [0.2, 0.25) is 0 Å². The number of ether oxygens (including phenoxy) is 2. The zero-order valence-corrected chi connectivity index (χ0v) is 15.9. The molecule has 7 heteroatoms.